The van der Waals surface area contributed by atoms with Crippen molar-refractivity contribution in [2.45, 2.75) is 44.7 Å². The molecule has 2 aliphatic rings. The SMILES string of the molecule is CCC1(CC)CC2N(c3ccc([P+](C)(C)C)cc3)C=CN2c2ccccc21. The molecule has 0 radical (unpaired) electrons. The van der Waals surface area contributed by atoms with Gasteiger partial charge in [-0.2, -0.15) is 0 Å². The lowest BCUT2D eigenvalue weighted by Crippen LogP contribution is -2.49. The number of anilines is 2. The fourth-order valence-electron chi connectivity index (χ4n) is 4.77. The van der Waals surface area contributed by atoms with Gasteiger partial charge >= 0.3 is 0 Å². The van der Waals surface area contributed by atoms with Crippen molar-refractivity contribution in [1.29, 1.82) is 0 Å². The van der Waals surface area contributed by atoms with Gasteiger partial charge < -0.3 is 9.80 Å². The third kappa shape index (κ3) is 2.99. The largest absolute Gasteiger partial charge is 0.325 e. The highest BCUT2D eigenvalue weighted by Crippen LogP contribution is 2.50. The third-order valence-electron chi connectivity index (χ3n) is 6.63. The molecule has 27 heavy (non-hydrogen) atoms. The number of hydrogen-bond acceptors (Lipinski definition) is 2. The van der Waals surface area contributed by atoms with Gasteiger partial charge in [-0.05, 0) is 55.2 Å². The summed E-state index contributed by atoms with van der Waals surface area (Å²) in [7, 11) is -0.970. The molecule has 4 rings (SSSR count). The average Bonchev–Trinajstić information content (AvgIpc) is 3.10. The summed E-state index contributed by atoms with van der Waals surface area (Å²) in [5, 5.41) is 1.50. The Balaban J connectivity index is 1.72. The van der Waals surface area contributed by atoms with E-state index in [1.807, 2.05) is 0 Å². The summed E-state index contributed by atoms with van der Waals surface area (Å²) in [4.78, 5) is 4.95. The van der Waals surface area contributed by atoms with E-state index in [-0.39, 0.29) is 5.41 Å². The van der Waals surface area contributed by atoms with Gasteiger partial charge in [0.25, 0.3) is 0 Å². The van der Waals surface area contributed by atoms with Gasteiger partial charge in [-0.15, -0.1) is 0 Å². The second-order valence-corrected chi connectivity index (χ2v) is 13.4. The second-order valence-electron chi connectivity index (χ2n) is 8.83. The van der Waals surface area contributed by atoms with Crippen LogP contribution in [0.25, 0.3) is 0 Å². The third-order valence-corrected chi connectivity index (χ3v) is 8.48. The molecule has 2 nitrogen and oxygen atoms in total. The fraction of sp³-hybridized carbons (Fsp3) is 0.417. The second kappa shape index (κ2) is 6.67. The van der Waals surface area contributed by atoms with E-state index in [0.717, 1.165) is 6.42 Å². The van der Waals surface area contributed by atoms with Crippen LogP contribution in [0.15, 0.2) is 60.9 Å². The van der Waals surface area contributed by atoms with Crippen molar-refractivity contribution in [2.75, 3.05) is 29.8 Å². The predicted molar refractivity (Wildman–Crippen MR) is 122 cm³/mol. The minimum absolute atomic E-state index is 0.263. The zero-order valence-corrected chi connectivity index (χ0v) is 18.2. The van der Waals surface area contributed by atoms with Crippen LogP contribution < -0.4 is 15.1 Å². The number of para-hydroxylation sites is 1. The van der Waals surface area contributed by atoms with Crippen molar-refractivity contribution >= 4 is 23.9 Å². The summed E-state index contributed by atoms with van der Waals surface area (Å²) in [5.74, 6) is 0. The Labute approximate surface area is 165 Å². The van der Waals surface area contributed by atoms with Crippen molar-refractivity contribution in [3.8, 4) is 0 Å². The maximum absolute atomic E-state index is 2.48. The van der Waals surface area contributed by atoms with Crippen LogP contribution in [-0.4, -0.2) is 26.2 Å². The minimum Gasteiger partial charge on any atom is -0.325 e. The van der Waals surface area contributed by atoms with Gasteiger partial charge in [-0.3, -0.25) is 0 Å². The predicted octanol–water partition coefficient (Wildman–Crippen LogP) is 5.80. The standard InChI is InChI=1S/C24H32N2P/c1-6-24(7-2)18-23-25(19-12-14-20(15-13-19)27(3,4)5)16-17-26(23)22-11-9-8-10-21(22)24/h8-17,23H,6-7,18H2,1-5H3/q+1. The van der Waals surface area contributed by atoms with Crippen LogP contribution in [0.4, 0.5) is 11.4 Å². The number of nitrogens with zero attached hydrogens (tertiary/aromatic N) is 2. The number of rotatable bonds is 4. The van der Waals surface area contributed by atoms with Crippen LogP contribution >= 0.6 is 7.26 Å². The quantitative estimate of drug-likeness (QED) is 0.619. The summed E-state index contributed by atoms with van der Waals surface area (Å²) in [5.41, 5.74) is 4.47. The Morgan fingerprint density at radius 3 is 2.15 bits per heavy atom. The highest BCUT2D eigenvalue weighted by Gasteiger charge is 2.44. The summed E-state index contributed by atoms with van der Waals surface area (Å²) >= 11 is 0. The molecular formula is C24H32N2P+. The van der Waals surface area contributed by atoms with E-state index in [0.29, 0.717) is 6.17 Å². The molecular weight excluding hydrogens is 347 g/mol. The average molecular weight is 380 g/mol. The lowest BCUT2D eigenvalue weighted by Gasteiger charge is -2.47. The molecule has 1 unspecified atom stereocenters. The summed E-state index contributed by atoms with van der Waals surface area (Å²) in [6.07, 6.45) is 8.44. The zero-order valence-electron chi connectivity index (χ0n) is 17.3. The van der Waals surface area contributed by atoms with E-state index in [2.05, 4.69) is 105 Å². The van der Waals surface area contributed by atoms with Crippen LogP contribution in [0.3, 0.4) is 0 Å². The molecule has 0 amide bonds. The zero-order chi connectivity index (χ0) is 19.2. The Bertz CT molecular complexity index is 843. The van der Waals surface area contributed by atoms with E-state index in [4.69, 9.17) is 0 Å². The molecule has 142 valence electrons. The topological polar surface area (TPSA) is 6.48 Å². The summed E-state index contributed by atoms with van der Waals surface area (Å²) in [6.45, 7) is 11.9. The van der Waals surface area contributed by atoms with Crippen LogP contribution in [0.1, 0.15) is 38.7 Å². The highest BCUT2D eigenvalue weighted by atomic mass is 31.2. The maximum Gasteiger partial charge on any atom is 0.111 e. The molecule has 0 aromatic heterocycles. The highest BCUT2D eigenvalue weighted by molar-refractivity contribution is 7.80. The van der Waals surface area contributed by atoms with Crippen LogP contribution in [0.5, 0.6) is 0 Å². The molecule has 2 aromatic rings. The maximum atomic E-state index is 2.48. The molecule has 0 spiro atoms. The molecule has 3 heteroatoms. The monoisotopic (exact) mass is 379 g/mol. The number of hydrogen-bond donors (Lipinski definition) is 0. The first-order valence-electron chi connectivity index (χ1n) is 10.2. The molecule has 0 aliphatic carbocycles. The molecule has 2 aliphatic heterocycles. The van der Waals surface area contributed by atoms with E-state index in [9.17, 15) is 0 Å². The number of benzene rings is 2. The van der Waals surface area contributed by atoms with Crippen molar-refractivity contribution in [2.24, 2.45) is 0 Å². The first-order valence-corrected chi connectivity index (χ1v) is 13.3. The normalized spacial score (nSPS) is 20.6. The molecule has 0 saturated heterocycles. The fourth-order valence-corrected chi connectivity index (χ4v) is 5.81. The molecule has 0 fully saturated rings. The van der Waals surface area contributed by atoms with Gasteiger partial charge in [0, 0.05) is 36.5 Å². The Kier molecular flexibility index (Phi) is 4.59. The molecule has 1 atom stereocenters. The number of fused-ring (bicyclic) bond motifs is 3. The molecule has 2 heterocycles. The summed E-state index contributed by atoms with van der Waals surface area (Å²) < 4.78 is 0. The first-order chi connectivity index (χ1) is 12.9. The Morgan fingerprint density at radius 1 is 0.889 bits per heavy atom. The van der Waals surface area contributed by atoms with Crippen molar-refractivity contribution < 1.29 is 0 Å². The molecule has 0 N–H and O–H groups in total. The van der Waals surface area contributed by atoms with Gasteiger partial charge in [-0.25, -0.2) is 0 Å². The lowest BCUT2D eigenvalue weighted by atomic mass is 9.69. The Morgan fingerprint density at radius 2 is 1.52 bits per heavy atom. The lowest BCUT2D eigenvalue weighted by molar-refractivity contribution is 0.321. The van der Waals surface area contributed by atoms with Crippen LogP contribution in [0, 0.1) is 0 Å². The minimum atomic E-state index is -0.970. The van der Waals surface area contributed by atoms with E-state index < -0.39 is 7.26 Å². The van der Waals surface area contributed by atoms with E-state index in [1.54, 1.807) is 0 Å². The Hall–Kier alpha value is -1.79. The van der Waals surface area contributed by atoms with Gasteiger partial charge in [0.05, 0.1) is 25.3 Å². The summed E-state index contributed by atoms with van der Waals surface area (Å²) in [6, 6.07) is 18.3. The van der Waals surface area contributed by atoms with Gasteiger partial charge in [0.1, 0.15) is 6.17 Å². The first kappa shape index (κ1) is 18.6. The van der Waals surface area contributed by atoms with Crippen molar-refractivity contribution in [3.05, 3.63) is 66.5 Å². The smallest absolute Gasteiger partial charge is 0.111 e. The molecule has 0 bridgehead atoms. The van der Waals surface area contributed by atoms with Crippen LogP contribution in [0.2, 0.25) is 0 Å². The van der Waals surface area contributed by atoms with Gasteiger partial charge in [0.2, 0.25) is 0 Å². The van der Waals surface area contributed by atoms with Crippen LogP contribution in [-0.2, 0) is 5.41 Å². The molecule has 0 saturated carbocycles. The molecule has 2 aromatic carbocycles. The van der Waals surface area contributed by atoms with Gasteiger partial charge in [0.15, 0.2) is 0 Å². The van der Waals surface area contributed by atoms with Crippen molar-refractivity contribution in [3.63, 3.8) is 0 Å². The van der Waals surface area contributed by atoms with Gasteiger partial charge in [-0.1, -0.05) is 32.0 Å². The van der Waals surface area contributed by atoms with E-state index in [1.165, 1.54) is 35.1 Å². The van der Waals surface area contributed by atoms with E-state index >= 15 is 0 Å². The van der Waals surface area contributed by atoms with Crippen molar-refractivity contribution in [1.82, 2.24) is 0 Å².